The lowest BCUT2D eigenvalue weighted by Gasteiger charge is -2.33. The maximum atomic E-state index is 13.0. The highest BCUT2D eigenvalue weighted by molar-refractivity contribution is 7.92. The fourth-order valence-electron chi connectivity index (χ4n) is 3.90. The van der Waals surface area contributed by atoms with Crippen LogP contribution >= 0.6 is 11.6 Å². The third-order valence-electron chi connectivity index (χ3n) is 5.60. The number of rotatable bonds is 6. The quantitative estimate of drug-likeness (QED) is 0.574. The highest BCUT2D eigenvalue weighted by Crippen LogP contribution is 2.30. The van der Waals surface area contributed by atoms with Crippen LogP contribution in [0, 0.1) is 0 Å². The molecule has 2 heterocycles. The van der Waals surface area contributed by atoms with Gasteiger partial charge in [-0.1, -0.05) is 17.7 Å². The number of sulfonamides is 1. The summed E-state index contributed by atoms with van der Waals surface area (Å²) in [6.07, 6.45) is 5.79. The maximum Gasteiger partial charge on any atom is 0.262 e. The first-order valence-corrected chi connectivity index (χ1v) is 12.1. The number of likely N-dealkylation sites (tertiary alicyclic amines) is 1. The summed E-state index contributed by atoms with van der Waals surface area (Å²) in [7, 11) is -2.51. The summed E-state index contributed by atoms with van der Waals surface area (Å²) in [6, 6.07) is 15.1. The zero-order chi connectivity index (χ0) is 22.7. The van der Waals surface area contributed by atoms with Crippen molar-refractivity contribution in [3.63, 3.8) is 0 Å². The second kappa shape index (κ2) is 9.26. The van der Waals surface area contributed by atoms with Crippen molar-refractivity contribution in [1.29, 1.82) is 0 Å². The monoisotopic (exact) mass is 473 g/mol. The molecule has 1 aliphatic heterocycles. The third-order valence-corrected chi connectivity index (χ3v) is 7.20. The van der Waals surface area contributed by atoms with E-state index in [1.165, 1.54) is 25.3 Å². The lowest BCUT2D eigenvalue weighted by atomic mass is 10.0. The molecule has 0 radical (unpaired) electrons. The summed E-state index contributed by atoms with van der Waals surface area (Å²) < 4.78 is 35.8. The van der Waals surface area contributed by atoms with Crippen LogP contribution in [0.3, 0.4) is 0 Å². The Bertz CT molecular complexity index is 1200. The largest absolute Gasteiger partial charge is 0.495 e. The predicted molar refractivity (Wildman–Crippen MR) is 124 cm³/mol. The van der Waals surface area contributed by atoms with Gasteiger partial charge in [0, 0.05) is 42.1 Å². The summed E-state index contributed by atoms with van der Waals surface area (Å²) in [5.41, 5.74) is 0.564. The molecule has 0 saturated carbocycles. The molecular formula is C23H24ClN3O4S. The van der Waals surface area contributed by atoms with E-state index in [-0.39, 0.29) is 16.5 Å². The zero-order valence-corrected chi connectivity index (χ0v) is 19.1. The normalized spacial score (nSPS) is 14.9. The molecule has 32 heavy (non-hydrogen) atoms. The Balaban J connectivity index is 1.49. The molecule has 1 fully saturated rings. The van der Waals surface area contributed by atoms with Gasteiger partial charge < -0.3 is 14.2 Å². The van der Waals surface area contributed by atoms with Gasteiger partial charge >= 0.3 is 0 Å². The lowest BCUT2D eigenvalue weighted by molar-refractivity contribution is 0.0694. The van der Waals surface area contributed by atoms with Crippen LogP contribution in [0.15, 0.2) is 71.9 Å². The topological polar surface area (TPSA) is 80.6 Å². The predicted octanol–water partition coefficient (Wildman–Crippen LogP) is 4.43. The van der Waals surface area contributed by atoms with E-state index in [0.29, 0.717) is 35.5 Å². The molecule has 1 amide bonds. The van der Waals surface area contributed by atoms with Crippen LogP contribution in [-0.4, -0.2) is 44.0 Å². The molecule has 168 valence electrons. The van der Waals surface area contributed by atoms with Crippen molar-refractivity contribution in [2.75, 3.05) is 24.9 Å². The molecule has 0 bridgehead atoms. The van der Waals surface area contributed by atoms with Crippen molar-refractivity contribution in [2.24, 2.45) is 0 Å². The molecule has 1 aliphatic rings. The molecule has 0 aliphatic carbocycles. The molecule has 7 nitrogen and oxygen atoms in total. The first-order valence-electron chi connectivity index (χ1n) is 10.3. The second-order valence-electron chi connectivity index (χ2n) is 7.63. The van der Waals surface area contributed by atoms with Crippen LogP contribution < -0.4 is 9.46 Å². The van der Waals surface area contributed by atoms with Gasteiger partial charge in [0.15, 0.2) is 0 Å². The van der Waals surface area contributed by atoms with Crippen LogP contribution in [0.4, 0.5) is 5.69 Å². The van der Waals surface area contributed by atoms with Crippen LogP contribution in [-0.2, 0) is 10.0 Å². The van der Waals surface area contributed by atoms with E-state index in [9.17, 15) is 13.2 Å². The maximum absolute atomic E-state index is 13.0. The number of methoxy groups -OCH3 is 1. The van der Waals surface area contributed by atoms with Gasteiger partial charge in [0.1, 0.15) is 5.75 Å². The summed E-state index contributed by atoms with van der Waals surface area (Å²) >= 11 is 6.00. The fourth-order valence-corrected chi connectivity index (χ4v) is 5.18. The highest BCUT2D eigenvalue weighted by Gasteiger charge is 2.25. The fraction of sp³-hybridized carbons (Fsp3) is 0.261. The number of piperidine rings is 1. The highest BCUT2D eigenvalue weighted by atomic mass is 35.5. The number of hydrogen-bond acceptors (Lipinski definition) is 4. The minimum absolute atomic E-state index is 0.00685. The van der Waals surface area contributed by atoms with E-state index in [0.717, 1.165) is 12.8 Å². The van der Waals surface area contributed by atoms with Gasteiger partial charge in [0.25, 0.3) is 15.9 Å². The Morgan fingerprint density at radius 2 is 1.78 bits per heavy atom. The average molecular weight is 474 g/mol. The third kappa shape index (κ3) is 4.76. The number of benzene rings is 2. The van der Waals surface area contributed by atoms with Crippen molar-refractivity contribution in [3.05, 3.63) is 77.6 Å². The standard InChI is InChI=1S/C23H24ClN3O4S/c1-31-22-8-7-18(24)16-21(22)25-32(29,30)20-6-4-5-17(15-20)23(28)27-13-9-19(10-14-27)26-11-2-3-12-26/h2-8,11-12,15-16,19,25H,9-10,13-14H2,1H3. The zero-order valence-electron chi connectivity index (χ0n) is 17.6. The number of nitrogens with zero attached hydrogens (tertiary/aromatic N) is 2. The van der Waals surface area contributed by atoms with Crippen LogP contribution in [0.5, 0.6) is 5.75 Å². The minimum Gasteiger partial charge on any atom is -0.495 e. The number of ether oxygens (including phenoxy) is 1. The summed E-state index contributed by atoms with van der Waals surface area (Å²) in [6.45, 7) is 1.24. The van der Waals surface area contributed by atoms with Gasteiger partial charge in [0.2, 0.25) is 0 Å². The van der Waals surface area contributed by atoms with Crippen molar-refractivity contribution in [3.8, 4) is 5.75 Å². The van der Waals surface area contributed by atoms with Gasteiger partial charge in [-0.15, -0.1) is 0 Å². The van der Waals surface area contributed by atoms with E-state index in [1.807, 2.05) is 24.5 Å². The van der Waals surface area contributed by atoms with Gasteiger partial charge in [0.05, 0.1) is 17.7 Å². The van der Waals surface area contributed by atoms with Crippen LogP contribution in [0.1, 0.15) is 29.2 Å². The number of anilines is 1. The Labute approximate surface area is 192 Å². The van der Waals surface area contributed by atoms with Gasteiger partial charge in [-0.3, -0.25) is 9.52 Å². The van der Waals surface area contributed by atoms with Gasteiger partial charge in [-0.25, -0.2) is 8.42 Å². The molecule has 0 atom stereocenters. The molecule has 1 saturated heterocycles. The number of carbonyl (C=O) groups is 1. The number of hydrogen-bond donors (Lipinski definition) is 1. The smallest absolute Gasteiger partial charge is 0.262 e. The van der Waals surface area contributed by atoms with Crippen LogP contribution in [0.25, 0.3) is 0 Å². The van der Waals surface area contributed by atoms with Gasteiger partial charge in [-0.05, 0) is 61.4 Å². The number of halogens is 1. The molecular weight excluding hydrogens is 450 g/mol. The van der Waals surface area contributed by atoms with E-state index in [4.69, 9.17) is 16.3 Å². The SMILES string of the molecule is COc1ccc(Cl)cc1NS(=O)(=O)c1cccc(C(=O)N2CCC(n3cccc3)CC2)c1. The molecule has 1 aromatic heterocycles. The van der Waals surface area contributed by atoms with Crippen molar-refractivity contribution < 1.29 is 17.9 Å². The molecule has 0 unspecified atom stereocenters. The van der Waals surface area contributed by atoms with E-state index in [2.05, 4.69) is 9.29 Å². The lowest BCUT2D eigenvalue weighted by Crippen LogP contribution is -2.39. The minimum atomic E-state index is -3.95. The molecule has 0 spiro atoms. The molecule has 1 N–H and O–H groups in total. The summed E-state index contributed by atoms with van der Waals surface area (Å²) in [5.74, 6) is 0.170. The Morgan fingerprint density at radius 3 is 2.47 bits per heavy atom. The molecule has 9 heteroatoms. The van der Waals surface area contributed by atoms with Crippen LogP contribution in [0.2, 0.25) is 5.02 Å². The first kappa shape index (κ1) is 22.2. The number of carbonyl (C=O) groups excluding carboxylic acids is 1. The van der Waals surface area contributed by atoms with Crippen molar-refractivity contribution in [1.82, 2.24) is 9.47 Å². The Kier molecular flexibility index (Phi) is 6.43. The first-order chi connectivity index (χ1) is 15.4. The van der Waals surface area contributed by atoms with Gasteiger partial charge in [-0.2, -0.15) is 0 Å². The number of aromatic nitrogens is 1. The summed E-state index contributed by atoms with van der Waals surface area (Å²) in [5, 5.41) is 0.371. The van der Waals surface area contributed by atoms with Crippen molar-refractivity contribution in [2.45, 2.75) is 23.8 Å². The number of nitrogens with one attached hydrogen (secondary N) is 1. The molecule has 2 aromatic carbocycles. The molecule has 3 aromatic rings. The average Bonchev–Trinajstić information content (AvgIpc) is 3.34. The molecule has 4 rings (SSSR count). The second-order valence-corrected chi connectivity index (χ2v) is 9.75. The van der Waals surface area contributed by atoms with E-state index < -0.39 is 10.0 Å². The number of amides is 1. The Morgan fingerprint density at radius 1 is 1.06 bits per heavy atom. The summed E-state index contributed by atoms with van der Waals surface area (Å²) in [4.78, 5) is 14.8. The van der Waals surface area contributed by atoms with Crippen molar-refractivity contribution >= 4 is 33.2 Å². The van der Waals surface area contributed by atoms with E-state index in [1.54, 1.807) is 29.2 Å². The van der Waals surface area contributed by atoms with E-state index >= 15 is 0 Å². The Hall–Kier alpha value is -2.97.